The maximum atomic E-state index is 16.9. The van der Waals surface area contributed by atoms with Crippen molar-refractivity contribution in [1.29, 1.82) is 0 Å². The van der Waals surface area contributed by atoms with Gasteiger partial charge in [0.05, 0.1) is 37.4 Å². The molecule has 0 aliphatic carbocycles. The van der Waals surface area contributed by atoms with E-state index in [-0.39, 0.29) is 43.2 Å². The van der Waals surface area contributed by atoms with E-state index >= 15 is 8.90 Å². The van der Waals surface area contributed by atoms with E-state index in [4.69, 9.17) is 4.74 Å². The van der Waals surface area contributed by atoms with Crippen LogP contribution in [0.25, 0.3) is 0 Å². The minimum Gasteiger partial charge on any atom is -0.394 e. The Morgan fingerprint density at radius 1 is 0.831 bits per heavy atom. The fourth-order valence-corrected chi connectivity index (χ4v) is 13.3. The molecule has 5 aliphatic heterocycles. The summed E-state index contributed by atoms with van der Waals surface area (Å²) in [5, 5.41) is 10.4. The van der Waals surface area contributed by atoms with Crippen LogP contribution in [-0.4, -0.2) is 73.9 Å². The van der Waals surface area contributed by atoms with Gasteiger partial charge >= 0.3 is 0 Å². The van der Waals surface area contributed by atoms with E-state index in [9.17, 15) is 19.5 Å². The third-order valence-corrected chi connectivity index (χ3v) is 16.2. The molecule has 12 heteroatoms. The third-order valence-electron chi connectivity index (χ3n) is 13.7. The number of hydrogen-bond acceptors (Lipinski definition) is 6. The standard InChI is InChI=1S/C47H59FN4O6Si/c1-32-45(59(2,3)48)41(28-44(56)51-30-35-17-11-10-16-34(35)26-38(51)31-53)58-47(32)39-27-37(50-24-13-7-5-9-20-43(50)55)21-22-40(39)52(46(47)57)29-33-15-14-18-36(25-33)49-23-12-6-4-8-19-42(49)54/h10-11,14-18,21-22,25,27,32,38,41,45,53H,4-9,12-13,19-20,23-24,26,28-31H2,1-3H3/t32-,38+,41+,45-,47+/m1/s1. The van der Waals surface area contributed by atoms with Gasteiger partial charge in [0, 0.05) is 60.9 Å². The van der Waals surface area contributed by atoms with Crippen LogP contribution in [-0.2, 0) is 49.0 Å². The first kappa shape index (κ1) is 41.3. The Morgan fingerprint density at radius 2 is 1.47 bits per heavy atom. The summed E-state index contributed by atoms with van der Waals surface area (Å²) in [5.41, 5.74) is 3.35. The number of amides is 4. The Labute approximate surface area is 348 Å². The second-order valence-corrected chi connectivity index (χ2v) is 21.8. The predicted molar refractivity (Wildman–Crippen MR) is 229 cm³/mol. The zero-order valence-electron chi connectivity index (χ0n) is 34.8. The Bertz CT molecular complexity index is 2090. The summed E-state index contributed by atoms with van der Waals surface area (Å²) >= 11 is 0. The van der Waals surface area contributed by atoms with E-state index in [1.807, 2.05) is 83.5 Å². The molecular formula is C47H59FN4O6Si. The third kappa shape index (κ3) is 7.88. The van der Waals surface area contributed by atoms with Crippen molar-refractivity contribution in [3.63, 3.8) is 0 Å². The van der Waals surface area contributed by atoms with E-state index in [1.165, 1.54) is 0 Å². The molecule has 59 heavy (non-hydrogen) atoms. The molecule has 3 aromatic carbocycles. The maximum absolute atomic E-state index is 16.9. The number of carbonyl (C=O) groups is 4. The van der Waals surface area contributed by atoms with Gasteiger partial charge in [-0.3, -0.25) is 19.2 Å². The lowest BCUT2D eigenvalue weighted by Gasteiger charge is -2.37. The van der Waals surface area contributed by atoms with Gasteiger partial charge in [0.2, 0.25) is 26.1 Å². The lowest BCUT2D eigenvalue weighted by Crippen LogP contribution is -2.48. The summed E-state index contributed by atoms with van der Waals surface area (Å²) < 4.78 is 24.0. The Kier molecular flexibility index (Phi) is 11.9. The molecule has 0 radical (unpaired) electrons. The maximum Gasteiger partial charge on any atom is 0.264 e. The molecule has 4 amide bonds. The second-order valence-electron chi connectivity index (χ2n) is 18.0. The van der Waals surface area contributed by atoms with Gasteiger partial charge < -0.3 is 33.6 Å². The Balaban J connectivity index is 1.17. The average molecular weight is 823 g/mol. The molecular weight excluding hydrogens is 764 g/mol. The highest BCUT2D eigenvalue weighted by Gasteiger charge is 2.67. The van der Waals surface area contributed by atoms with Crippen LogP contribution in [0.2, 0.25) is 18.6 Å². The first-order valence-corrected chi connectivity index (χ1v) is 24.9. The second kappa shape index (κ2) is 16.9. The summed E-state index contributed by atoms with van der Waals surface area (Å²) in [7, 11) is -3.62. The van der Waals surface area contributed by atoms with E-state index < -0.39 is 37.6 Å². The van der Waals surface area contributed by atoms with Gasteiger partial charge in [-0.1, -0.05) is 69.0 Å². The fraction of sp³-hybridized carbons (Fsp3) is 0.532. The Hall–Kier alpha value is -4.39. The van der Waals surface area contributed by atoms with Gasteiger partial charge in [-0.25, -0.2) is 0 Å². The number of nitrogens with zero attached hydrogens (tertiary/aromatic N) is 4. The van der Waals surface area contributed by atoms with Gasteiger partial charge in [0.1, 0.15) is 0 Å². The normalized spacial score (nSPS) is 26.7. The van der Waals surface area contributed by atoms with E-state index in [0.29, 0.717) is 55.8 Å². The number of rotatable bonds is 8. The molecule has 0 saturated carbocycles. The summed E-state index contributed by atoms with van der Waals surface area (Å²) in [5.74, 6) is -1.05. The minimum atomic E-state index is -3.62. The molecule has 0 unspecified atom stereocenters. The van der Waals surface area contributed by atoms with Gasteiger partial charge in [0.25, 0.3) is 5.91 Å². The van der Waals surface area contributed by atoms with Gasteiger partial charge in [-0.15, -0.1) is 0 Å². The van der Waals surface area contributed by atoms with Crippen LogP contribution in [0.1, 0.15) is 99.8 Å². The highest BCUT2D eigenvalue weighted by atomic mass is 28.4. The van der Waals surface area contributed by atoms with Crippen LogP contribution in [0, 0.1) is 5.92 Å². The molecule has 8 rings (SSSR count). The summed E-state index contributed by atoms with van der Waals surface area (Å²) in [6.45, 7) is 6.69. The van der Waals surface area contributed by atoms with Crippen molar-refractivity contribution in [3.8, 4) is 0 Å². The highest BCUT2D eigenvalue weighted by Crippen LogP contribution is 2.61. The van der Waals surface area contributed by atoms with Crippen molar-refractivity contribution in [3.05, 3.63) is 89.0 Å². The number of ether oxygens (including phenoxy) is 1. The number of aliphatic hydroxyl groups is 1. The predicted octanol–water partition coefficient (Wildman–Crippen LogP) is 7.94. The van der Waals surface area contributed by atoms with Crippen LogP contribution in [0.15, 0.2) is 66.7 Å². The molecule has 5 aliphatic rings. The van der Waals surface area contributed by atoms with Crippen molar-refractivity contribution >= 4 is 49.1 Å². The van der Waals surface area contributed by atoms with E-state index in [1.54, 1.807) is 22.9 Å². The first-order valence-electron chi connectivity index (χ1n) is 21.9. The smallest absolute Gasteiger partial charge is 0.264 e. The SMILES string of the molecule is C[C@@H]1[C@@H]([Si](C)(C)F)[C@H](CC(=O)N2Cc3ccccc3C[C@H]2CO)O[C@@]12C(=O)N(Cc1cccc(N3CCCCCCC3=O)c1)c1ccc(N3CCCCCCC3=O)cc12. The van der Waals surface area contributed by atoms with Crippen molar-refractivity contribution < 1.29 is 33.1 Å². The Morgan fingerprint density at radius 3 is 2.14 bits per heavy atom. The summed E-state index contributed by atoms with van der Waals surface area (Å²) in [6, 6.07) is 21.0. The number of fused-ring (bicyclic) bond motifs is 3. The molecule has 10 nitrogen and oxygen atoms in total. The van der Waals surface area contributed by atoms with Gasteiger partial charge in [-0.05, 0) is 92.2 Å². The molecule has 1 spiro atoms. The lowest BCUT2D eigenvalue weighted by atomic mass is 9.82. The molecule has 5 atom stereocenters. The summed E-state index contributed by atoms with van der Waals surface area (Å²) in [4.78, 5) is 63.7. The zero-order valence-corrected chi connectivity index (χ0v) is 35.8. The number of aliphatic hydroxyl groups excluding tert-OH is 1. The number of benzene rings is 3. The molecule has 3 aromatic rings. The van der Waals surface area contributed by atoms with Crippen molar-refractivity contribution in [2.45, 2.75) is 133 Å². The summed E-state index contributed by atoms with van der Waals surface area (Å²) in [6.07, 6.45) is 8.11. The zero-order chi connectivity index (χ0) is 41.5. The minimum absolute atomic E-state index is 0.0380. The van der Waals surface area contributed by atoms with Gasteiger partial charge in [-0.2, -0.15) is 0 Å². The lowest BCUT2D eigenvalue weighted by molar-refractivity contribution is -0.151. The van der Waals surface area contributed by atoms with Crippen LogP contribution in [0.3, 0.4) is 0 Å². The van der Waals surface area contributed by atoms with E-state index in [2.05, 4.69) is 0 Å². The van der Waals surface area contributed by atoms with Gasteiger partial charge in [0.15, 0.2) is 5.60 Å². The number of hydrogen-bond donors (Lipinski definition) is 1. The average Bonchev–Trinajstić information content (AvgIpc) is 3.63. The monoisotopic (exact) mass is 822 g/mol. The van der Waals surface area contributed by atoms with Crippen LogP contribution < -0.4 is 14.7 Å². The number of halogens is 1. The molecule has 1 N–H and O–H groups in total. The van der Waals surface area contributed by atoms with Crippen LogP contribution in [0.5, 0.6) is 0 Å². The molecule has 3 fully saturated rings. The highest BCUT2D eigenvalue weighted by molar-refractivity contribution is 6.72. The molecule has 0 aromatic heterocycles. The fourth-order valence-electron chi connectivity index (χ4n) is 10.8. The first-order chi connectivity index (χ1) is 28.4. The quantitative estimate of drug-likeness (QED) is 0.183. The number of carbonyl (C=O) groups excluding carboxylic acids is 4. The van der Waals surface area contributed by atoms with Crippen molar-refractivity contribution in [2.24, 2.45) is 5.92 Å². The molecule has 0 bridgehead atoms. The van der Waals surface area contributed by atoms with Crippen LogP contribution >= 0.6 is 0 Å². The van der Waals surface area contributed by atoms with Crippen LogP contribution in [0.4, 0.5) is 21.2 Å². The topological polar surface area (TPSA) is 111 Å². The molecule has 314 valence electrons. The van der Waals surface area contributed by atoms with Crippen molar-refractivity contribution in [1.82, 2.24) is 4.90 Å². The molecule has 5 heterocycles. The van der Waals surface area contributed by atoms with E-state index in [0.717, 1.165) is 73.7 Å². The molecule has 3 saturated heterocycles. The largest absolute Gasteiger partial charge is 0.394 e. The van der Waals surface area contributed by atoms with Crippen molar-refractivity contribution in [2.75, 3.05) is 34.4 Å². The number of anilines is 3.